The summed E-state index contributed by atoms with van der Waals surface area (Å²) in [6, 6.07) is 2.74. The fraction of sp³-hybridized carbons (Fsp3) is 0. The molecular formula is C6H5NO4. The maximum atomic E-state index is 10.7. The highest BCUT2D eigenvalue weighted by atomic mass is 16.7. The molecular weight excluding hydrogens is 150 g/mol. The summed E-state index contributed by atoms with van der Waals surface area (Å²) in [5.41, 5.74) is -0.560. The Morgan fingerprint density at radius 1 is 1.64 bits per heavy atom. The Morgan fingerprint density at radius 2 is 2.36 bits per heavy atom. The maximum Gasteiger partial charge on any atom is 0.511 e. The third kappa shape index (κ3) is 1.82. The van der Waals surface area contributed by atoms with Crippen LogP contribution < -0.4 is 10.3 Å². The highest BCUT2D eigenvalue weighted by Gasteiger charge is 2.02. The molecule has 1 heterocycles. The van der Waals surface area contributed by atoms with Crippen LogP contribution in [0.2, 0.25) is 0 Å². The summed E-state index contributed by atoms with van der Waals surface area (Å²) in [5.74, 6) is -0.222. The van der Waals surface area contributed by atoms with E-state index in [2.05, 4.69) is 9.72 Å². The number of nitrogens with one attached hydrogen (secondary N) is 1. The van der Waals surface area contributed by atoms with E-state index in [-0.39, 0.29) is 5.75 Å². The van der Waals surface area contributed by atoms with E-state index in [4.69, 9.17) is 5.11 Å². The van der Waals surface area contributed by atoms with Crippen molar-refractivity contribution >= 4 is 6.16 Å². The minimum atomic E-state index is -1.50. The van der Waals surface area contributed by atoms with E-state index in [1.54, 1.807) is 0 Å². The summed E-state index contributed by atoms with van der Waals surface area (Å²) in [7, 11) is 0. The lowest BCUT2D eigenvalue weighted by Crippen LogP contribution is -2.13. The maximum absolute atomic E-state index is 10.7. The summed E-state index contributed by atoms with van der Waals surface area (Å²) in [5, 5.41) is 8.12. The molecule has 0 saturated heterocycles. The Hall–Kier alpha value is -1.78. The fourth-order valence-corrected chi connectivity index (χ4v) is 0.581. The first-order valence-corrected chi connectivity index (χ1v) is 2.78. The van der Waals surface area contributed by atoms with Crippen LogP contribution in [-0.2, 0) is 0 Å². The van der Waals surface area contributed by atoms with Crippen molar-refractivity contribution in [2.75, 3.05) is 0 Å². The first kappa shape index (κ1) is 7.33. The van der Waals surface area contributed by atoms with Gasteiger partial charge in [-0.3, -0.25) is 4.79 Å². The van der Waals surface area contributed by atoms with E-state index < -0.39 is 11.7 Å². The molecule has 0 amide bonds. The van der Waals surface area contributed by atoms with Gasteiger partial charge in [0.2, 0.25) is 0 Å². The molecule has 0 aliphatic heterocycles. The van der Waals surface area contributed by atoms with Crippen molar-refractivity contribution in [1.29, 1.82) is 0 Å². The average Bonchev–Trinajstić information content (AvgIpc) is 1.93. The predicted octanol–water partition coefficient (Wildman–Crippen LogP) is 0.432. The molecule has 0 saturated carbocycles. The fourth-order valence-electron chi connectivity index (χ4n) is 0.581. The molecule has 5 heteroatoms. The van der Waals surface area contributed by atoms with Crippen molar-refractivity contribution in [3.05, 3.63) is 28.7 Å². The first-order chi connectivity index (χ1) is 5.20. The largest absolute Gasteiger partial charge is 0.511 e. The first-order valence-electron chi connectivity index (χ1n) is 2.78. The summed E-state index contributed by atoms with van der Waals surface area (Å²) in [6.45, 7) is 0. The lowest BCUT2D eigenvalue weighted by molar-refractivity contribution is 0.144. The van der Waals surface area contributed by atoms with Gasteiger partial charge < -0.3 is 14.8 Å². The van der Waals surface area contributed by atoms with Crippen molar-refractivity contribution < 1.29 is 14.6 Å². The smallest absolute Gasteiger partial charge is 0.449 e. The number of hydrogen-bond acceptors (Lipinski definition) is 3. The second-order valence-corrected chi connectivity index (χ2v) is 1.73. The molecule has 0 radical (unpaired) electrons. The topological polar surface area (TPSA) is 79.4 Å². The number of carbonyl (C=O) groups is 1. The Kier molecular flexibility index (Phi) is 1.91. The van der Waals surface area contributed by atoms with Gasteiger partial charge in [-0.1, -0.05) is 0 Å². The Morgan fingerprint density at radius 3 is 2.91 bits per heavy atom. The number of aromatic nitrogens is 1. The summed E-state index contributed by atoms with van der Waals surface area (Å²) >= 11 is 0. The standard InChI is InChI=1S/C6H5NO4/c8-5-4(11-6(9)10)2-1-3-7-5/h1-3H,(H,7,8)(H,9,10). The third-order valence-corrected chi connectivity index (χ3v) is 0.979. The second-order valence-electron chi connectivity index (χ2n) is 1.73. The van der Waals surface area contributed by atoms with Crippen molar-refractivity contribution in [3.63, 3.8) is 0 Å². The summed E-state index contributed by atoms with van der Waals surface area (Å²) < 4.78 is 4.12. The minimum Gasteiger partial charge on any atom is -0.449 e. The van der Waals surface area contributed by atoms with Crippen molar-refractivity contribution in [2.24, 2.45) is 0 Å². The molecule has 2 N–H and O–H groups in total. The van der Waals surface area contributed by atoms with E-state index in [9.17, 15) is 9.59 Å². The predicted molar refractivity (Wildman–Crippen MR) is 35.7 cm³/mol. The van der Waals surface area contributed by atoms with Gasteiger partial charge >= 0.3 is 6.16 Å². The van der Waals surface area contributed by atoms with E-state index in [1.807, 2.05) is 0 Å². The molecule has 1 aromatic heterocycles. The third-order valence-electron chi connectivity index (χ3n) is 0.979. The van der Waals surface area contributed by atoms with Crippen molar-refractivity contribution in [3.8, 4) is 5.75 Å². The van der Waals surface area contributed by atoms with Crippen LogP contribution in [0.3, 0.4) is 0 Å². The number of pyridine rings is 1. The lowest BCUT2D eigenvalue weighted by atomic mass is 10.5. The van der Waals surface area contributed by atoms with Gasteiger partial charge in [-0.15, -0.1) is 0 Å². The van der Waals surface area contributed by atoms with E-state index in [1.165, 1.54) is 18.3 Å². The molecule has 58 valence electrons. The monoisotopic (exact) mass is 155 g/mol. The number of carboxylic acid groups (broad SMARTS) is 1. The van der Waals surface area contributed by atoms with Crippen LogP contribution in [0.1, 0.15) is 0 Å². The van der Waals surface area contributed by atoms with E-state index in [0.29, 0.717) is 0 Å². The van der Waals surface area contributed by atoms with Gasteiger partial charge in [0.15, 0.2) is 5.75 Å². The zero-order chi connectivity index (χ0) is 8.27. The molecule has 1 aromatic rings. The molecule has 1 rings (SSSR count). The summed E-state index contributed by atoms with van der Waals surface area (Å²) in [4.78, 5) is 22.9. The van der Waals surface area contributed by atoms with Gasteiger partial charge in [0.05, 0.1) is 0 Å². The Bertz CT molecular complexity index is 316. The van der Waals surface area contributed by atoms with Gasteiger partial charge in [-0.05, 0) is 12.1 Å². The Balaban J connectivity index is 2.95. The SMILES string of the molecule is O=C(O)Oc1ccc[nH]c1=O. The van der Waals surface area contributed by atoms with Gasteiger partial charge in [0, 0.05) is 6.20 Å². The van der Waals surface area contributed by atoms with Crippen LogP contribution >= 0.6 is 0 Å². The minimum absolute atomic E-state index is 0.222. The van der Waals surface area contributed by atoms with Crippen LogP contribution in [0.25, 0.3) is 0 Å². The number of hydrogen-bond donors (Lipinski definition) is 2. The number of aromatic amines is 1. The quantitative estimate of drug-likeness (QED) is 0.576. The zero-order valence-corrected chi connectivity index (χ0v) is 5.40. The van der Waals surface area contributed by atoms with Gasteiger partial charge in [-0.25, -0.2) is 4.79 Å². The average molecular weight is 155 g/mol. The second kappa shape index (κ2) is 2.87. The highest BCUT2D eigenvalue weighted by Crippen LogP contribution is 1.98. The normalized spacial score (nSPS) is 9.09. The lowest BCUT2D eigenvalue weighted by Gasteiger charge is -1.94. The molecule has 0 aliphatic rings. The van der Waals surface area contributed by atoms with Gasteiger partial charge in [0.1, 0.15) is 0 Å². The van der Waals surface area contributed by atoms with Crippen LogP contribution in [-0.4, -0.2) is 16.2 Å². The van der Waals surface area contributed by atoms with Crippen LogP contribution in [0.4, 0.5) is 4.79 Å². The van der Waals surface area contributed by atoms with Crippen LogP contribution in [0.5, 0.6) is 5.75 Å². The van der Waals surface area contributed by atoms with E-state index in [0.717, 1.165) is 0 Å². The summed E-state index contributed by atoms with van der Waals surface area (Å²) in [6.07, 6.45) is -0.112. The molecule has 0 spiro atoms. The van der Waals surface area contributed by atoms with Crippen LogP contribution in [0, 0.1) is 0 Å². The van der Waals surface area contributed by atoms with Gasteiger partial charge in [0.25, 0.3) is 5.56 Å². The molecule has 0 aliphatic carbocycles. The van der Waals surface area contributed by atoms with Crippen LogP contribution in [0.15, 0.2) is 23.1 Å². The van der Waals surface area contributed by atoms with Crippen molar-refractivity contribution in [1.82, 2.24) is 4.98 Å². The number of ether oxygens (including phenoxy) is 1. The molecule has 5 nitrogen and oxygen atoms in total. The molecule has 0 fully saturated rings. The van der Waals surface area contributed by atoms with Crippen molar-refractivity contribution in [2.45, 2.75) is 0 Å². The molecule has 0 atom stereocenters. The van der Waals surface area contributed by atoms with Gasteiger partial charge in [-0.2, -0.15) is 0 Å². The molecule has 0 bridgehead atoms. The number of H-pyrrole nitrogens is 1. The molecule has 0 unspecified atom stereocenters. The molecule has 0 aromatic carbocycles. The highest BCUT2D eigenvalue weighted by molar-refractivity contribution is 5.60. The number of rotatable bonds is 1. The zero-order valence-electron chi connectivity index (χ0n) is 5.40. The molecule has 11 heavy (non-hydrogen) atoms. The van der Waals surface area contributed by atoms with E-state index >= 15 is 0 Å². The Labute approximate surface area is 61.2 Å².